The zero-order valence-electron chi connectivity index (χ0n) is 10.3. The van der Waals surface area contributed by atoms with Gasteiger partial charge in [0, 0.05) is 0 Å². The SMILES string of the molecule is COc1ccccc1-n1c(-c2nonc2N)noc1=O. The summed E-state index contributed by atoms with van der Waals surface area (Å²) in [7, 11) is 1.49. The Morgan fingerprint density at radius 1 is 1.25 bits per heavy atom. The summed E-state index contributed by atoms with van der Waals surface area (Å²) < 4.78 is 15.6. The smallest absolute Gasteiger partial charge is 0.446 e. The predicted octanol–water partition coefficient (Wildman–Crippen LogP) is 0.466. The zero-order chi connectivity index (χ0) is 14.1. The molecule has 0 saturated carbocycles. The molecule has 102 valence electrons. The molecule has 0 bridgehead atoms. The summed E-state index contributed by atoms with van der Waals surface area (Å²) >= 11 is 0. The average Bonchev–Trinajstić information content (AvgIpc) is 3.04. The van der Waals surface area contributed by atoms with Crippen LogP contribution < -0.4 is 16.2 Å². The highest BCUT2D eigenvalue weighted by molar-refractivity contribution is 5.65. The molecule has 9 heteroatoms. The Labute approximate surface area is 111 Å². The van der Waals surface area contributed by atoms with Crippen LogP contribution >= 0.6 is 0 Å². The van der Waals surface area contributed by atoms with E-state index in [9.17, 15) is 4.79 Å². The number of rotatable bonds is 3. The zero-order valence-corrected chi connectivity index (χ0v) is 10.3. The maximum atomic E-state index is 11.9. The van der Waals surface area contributed by atoms with Gasteiger partial charge in [0.2, 0.25) is 5.82 Å². The molecule has 0 aliphatic carbocycles. The normalized spacial score (nSPS) is 10.7. The first-order valence-corrected chi connectivity index (χ1v) is 5.53. The Morgan fingerprint density at radius 2 is 2.05 bits per heavy atom. The quantitative estimate of drug-likeness (QED) is 0.731. The molecule has 0 saturated heterocycles. The number of anilines is 1. The highest BCUT2D eigenvalue weighted by Gasteiger charge is 2.22. The third-order valence-electron chi connectivity index (χ3n) is 2.66. The fraction of sp³-hybridized carbons (Fsp3) is 0.0909. The molecule has 3 aromatic rings. The monoisotopic (exact) mass is 275 g/mol. The Kier molecular flexibility index (Phi) is 2.71. The molecule has 3 rings (SSSR count). The molecule has 2 heterocycles. The highest BCUT2D eigenvalue weighted by Crippen LogP contribution is 2.26. The van der Waals surface area contributed by atoms with Gasteiger partial charge in [-0.05, 0) is 22.4 Å². The Balaban J connectivity index is 2.28. The van der Waals surface area contributed by atoms with Crippen LogP contribution in [0.1, 0.15) is 0 Å². The van der Waals surface area contributed by atoms with Crippen LogP contribution in [0.25, 0.3) is 17.2 Å². The number of nitrogen functional groups attached to an aromatic ring is 1. The molecule has 0 aliphatic rings. The van der Waals surface area contributed by atoms with Gasteiger partial charge in [-0.2, -0.15) is 0 Å². The van der Waals surface area contributed by atoms with Crippen molar-refractivity contribution >= 4 is 5.82 Å². The van der Waals surface area contributed by atoms with Gasteiger partial charge >= 0.3 is 5.76 Å². The van der Waals surface area contributed by atoms with Crippen molar-refractivity contribution in [2.24, 2.45) is 0 Å². The topological polar surface area (TPSA) is 122 Å². The van der Waals surface area contributed by atoms with Gasteiger partial charge in [0.25, 0.3) is 0 Å². The van der Waals surface area contributed by atoms with Gasteiger partial charge in [-0.3, -0.25) is 4.52 Å². The third kappa shape index (κ3) is 1.72. The largest absolute Gasteiger partial charge is 0.495 e. The van der Waals surface area contributed by atoms with E-state index in [-0.39, 0.29) is 17.3 Å². The van der Waals surface area contributed by atoms with Crippen molar-refractivity contribution in [2.45, 2.75) is 0 Å². The van der Waals surface area contributed by atoms with Crippen molar-refractivity contribution in [3.63, 3.8) is 0 Å². The van der Waals surface area contributed by atoms with E-state index in [4.69, 9.17) is 10.5 Å². The molecule has 0 fully saturated rings. The first-order chi connectivity index (χ1) is 9.72. The van der Waals surface area contributed by atoms with Crippen molar-refractivity contribution in [1.29, 1.82) is 0 Å². The second kappa shape index (κ2) is 4.53. The number of nitrogens with two attached hydrogens (primary N) is 1. The van der Waals surface area contributed by atoms with Crippen molar-refractivity contribution in [3.8, 4) is 23.0 Å². The number of nitrogens with zero attached hydrogens (tertiary/aromatic N) is 4. The van der Waals surface area contributed by atoms with E-state index in [1.54, 1.807) is 24.3 Å². The second-order valence-electron chi connectivity index (χ2n) is 3.78. The molecule has 9 nitrogen and oxygen atoms in total. The van der Waals surface area contributed by atoms with Crippen LogP contribution in [0.3, 0.4) is 0 Å². The van der Waals surface area contributed by atoms with Gasteiger partial charge in [-0.25, -0.2) is 14.0 Å². The lowest BCUT2D eigenvalue weighted by molar-refractivity contribution is 0.310. The minimum Gasteiger partial charge on any atom is -0.495 e. The summed E-state index contributed by atoms with van der Waals surface area (Å²) in [6.07, 6.45) is 0. The van der Waals surface area contributed by atoms with Crippen LogP contribution in [0.5, 0.6) is 5.75 Å². The number of methoxy groups -OCH3 is 1. The molecule has 0 radical (unpaired) electrons. The van der Waals surface area contributed by atoms with Gasteiger partial charge in [-0.1, -0.05) is 17.3 Å². The molecule has 20 heavy (non-hydrogen) atoms. The fourth-order valence-electron chi connectivity index (χ4n) is 1.78. The summed E-state index contributed by atoms with van der Waals surface area (Å²) in [5.74, 6) is -0.152. The maximum absolute atomic E-state index is 11.9. The molecular weight excluding hydrogens is 266 g/mol. The van der Waals surface area contributed by atoms with E-state index in [0.29, 0.717) is 11.4 Å². The van der Waals surface area contributed by atoms with Crippen LogP contribution in [0.15, 0.2) is 38.2 Å². The molecule has 2 aromatic heterocycles. The van der Waals surface area contributed by atoms with Crippen LogP contribution in [0, 0.1) is 0 Å². The third-order valence-corrected chi connectivity index (χ3v) is 2.66. The first-order valence-electron chi connectivity index (χ1n) is 5.53. The highest BCUT2D eigenvalue weighted by atomic mass is 16.6. The summed E-state index contributed by atoms with van der Waals surface area (Å²) in [6.45, 7) is 0. The molecule has 0 atom stereocenters. The Hall–Kier alpha value is -3.10. The minimum atomic E-state index is -0.702. The lowest BCUT2D eigenvalue weighted by Crippen LogP contribution is -2.14. The van der Waals surface area contributed by atoms with E-state index >= 15 is 0 Å². The van der Waals surface area contributed by atoms with Gasteiger partial charge in [-0.15, -0.1) is 0 Å². The van der Waals surface area contributed by atoms with Crippen molar-refractivity contribution in [3.05, 3.63) is 34.8 Å². The van der Waals surface area contributed by atoms with Crippen LogP contribution in [0.4, 0.5) is 5.82 Å². The van der Waals surface area contributed by atoms with Crippen LogP contribution in [-0.4, -0.2) is 27.1 Å². The average molecular weight is 275 g/mol. The number of hydrogen-bond donors (Lipinski definition) is 1. The Morgan fingerprint density at radius 3 is 2.75 bits per heavy atom. The molecule has 1 aromatic carbocycles. The maximum Gasteiger partial charge on any atom is 0.446 e. The van der Waals surface area contributed by atoms with E-state index in [1.807, 2.05) is 0 Å². The minimum absolute atomic E-state index is 0.00180. The number of hydrogen-bond acceptors (Lipinski definition) is 8. The molecule has 0 aliphatic heterocycles. The van der Waals surface area contributed by atoms with Crippen molar-refractivity contribution in [2.75, 3.05) is 12.8 Å². The number of para-hydroxylation sites is 2. The van der Waals surface area contributed by atoms with Crippen molar-refractivity contribution in [1.82, 2.24) is 20.0 Å². The predicted molar refractivity (Wildman–Crippen MR) is 66.4 cm³/mol. The molecule has 2 N–H and O–H groups in total. The Bertz CT molecular complexity index is 803. The van der Waals surface area contributed by atoms with Gasteiger partial charge in [0.15, 0.2) is 11.5 Å². The van der Waals surface area contributed by atoms with E-state index < -0.39 is 5.76 Å². The van der Waals surface area contributed by atoms with Gasteiger partial charge in [0.05, 0.1) is 12.8 Å². The summed E-state index contributed by atoms with van der Waals surface area (Å²) in [5, 5.41) is 10.7. The number of ether oxygens (including phenoxy) is 1. The first kappa shape index (κ1) is 12.0. The van der Waals surface area contributed by atoms with E-state index in [2.05, 4.69) is 24.6 Å². The lowest BCUT2D eigenvalue weighted by atomic mass is 10.2. The molecule has 0 spiro atoms. The fourth-order valence-corrected chi connectivity index (χ4v) is 1.78. The second-order valence-corrected chi connectivity index (χ2v) is 3.78. The van der Waals surface area contributed by atoms with Crippen LogP contribution in [-0.2, 0) is 0 Å². The number of aromatic nitrogens is 4. The number of benzene rings is 1. The summed E-state index contributed by atoms with van der Waals surface area (Å²) in [6, 6.07) is 6.88. The van der Waals surface area contributed by atoms with E-state index in [0.717, 1.165) is 0 Å². The summed E-state index contributed by atoms with van der Waals surface area (Å²) in [4.78, 5) is 11.9. The summed E-state index contributed by atoms with van der Waals surface area (Å²) in [5.41, 5.74) is 6.16. The van der Waals surface area contributed by atoms with Gasteiger partial charge < -0.3 is 10.5 Å². The standard InChI is InChI=1S/C11H9N5O4/c1-18-7-5-3-2-4-6(7)16-10(15-19-11(16)17)8-9(12)14-20-13-8/h2-5H,1H3,(H2,12,14). The van der Waals surface area contributed by atoms with Gasteiger partial charge in [0.1, 0.15) is 5.75 Å². The lowest BCUT2D eigenvalue weighted by Gasteiger charge is -2.08. The molecule has 0 unspecified atom stereocenters. The van der Waals surface area contributed by atoms with E-state index in [1.165, 1.54) is 11.7 Å². The molecular formula is C11H9N5O4. The molecule has 0 amide bonds. The van der Waals surface area contributed by atoms with Crippen LogP contribution in [0.2, 0.25) is 0 Å². The van der Waals surface area contributed by atoms with Crippen molar-refractivity contribution < 1.29 is 13.9 Å².